The van der Waals surface area contributed by atoms with Crippen LogP contribution in [0.15, 0.2) is 29.3 Å². The first-order chi connectivity index (χ1) is 4.74. The van der Waals surface area contributed by atoms with Crippen LogP contribution in [0.5, 0.6) is 0 Å². The van der Waals surface area contributed by atoms with Crippen molar-refractivity contribution in [3.8, 4) is 0 Å². The maximum atomic E-state index is 5.63. The van der Waals surface area contributed by atoms with Gasteiger partial charge in [0, 0.05) is 10.2 Å². The maximum absolute atomic E-state index is 5.63. The minimum atomic E-state index is 0.754. The molecular weight excluding hydrogens is 190 g/mol. The first-order valence-electron chi connectivity index (χ1n) is 2.91. The number of halogens is 1. The normalized spacial score (nSPS) is 9.30. The van der Waals surface area contributed by atoms with Crippen molar-refractivity contribution in [1.29, 1.82) is 0 Å². The number of hydrogen-bond donors (Lipinski definition) is 1. The molecule has 0 radical (unpaired) electrons. The summed E-state index contributed by atoms with van der Waals surface area (Å²) in [6, 6.07) is 5.72. The van der Waals surface area contributed by atoms with Crippen LogP contribution in [0.4, 0.5) is 5.69 Å². The molecule has 2 heteroatoms. The van der Waals surface area contributed by atoms with Gasteiger partial charge in [-0.05, 0) is 17.7 Å². The summed E-state index contributed by atoms with van der Waals surface area (Å²) in [6.45, 7) is 3.63. The SMILES string of the molecule is C=Cc1ccc(Br)cc1N. The Hall–Kier alpha value is -0.760. The molecule has 0 saturated carbocycles. The van der Waals surface area contributed by atoms with E-state index in [0.717, 1.165) is 15.7 Å². The first-order valence-corrected chi connectivity index (χ1v) is 3.71. The number of nitrogens with two attached hydrogens (primary N) is 1. The number of rotatable bonds is 1. The van der Waals surface area contributed by atoms with Crippen molar-refractivity contribution in [3.63, 3.8) is 0 Å². The van der Waals surface area contributed by atoms with Crippen molar-refractivity contribution in [2.24, 2.45) is 0 Å². The van der Waals surface area contributed by atoms with E-state index in [1.54, 1.807) is 6.08 Å². The van der Waals surface area contributed by atoms with Crippen LogP contribution < -0.4 is 5.73 Å². The lowest BCUT2D eigenvalue weighted by Gasteiger charge is -1.98. The van der Waals surface area contributed by atoms with Gasteiger partial charge in [-0.3, -0.25) is 0 Å². The van der Waals surface area contributed by atoms with Gasteiger partial charge in [0.2, 0.25) is 0 Å². The van der Waals surface area contributed by atoms with E-state index in [4.69, 9.17) is 5.73 Å². The third kappa shape index (κ3) is 1.39. The van der Waals surface area contributed by atoms with Gasteiger partial charge in [-0.1, -0.05) is 34.7 Å². The van der Waals surface area contributed by atoms with Gasteiger partial charge in [0.25, 0.3) is 0 Å². The van der Waals surface area contributed by atoms with Gasteiger partial charge in [-0.2, -0.15) is 0 Å². The van der Waals surface area contributed by atoms with Crippen molar-refractivity contribution in [1.82, 2.24) is 0 Å². The summed E-state index contributed by atoms with van der Waals surface area (Å²) < 4.78 is 0.996. The Balaban J connectivity index is 3.19. The summed E-state index contributed by atoms with van der Waals surface area (Å²) in [5, 5.41) is 0. The molecule has 0 fully saturated rings. The van der Waals surface area contributed by atoms with Gasteiger partial charge in [-0.15, -0.1) is 0 Å². The second kappa shape index (κ2) is 2.88. The van der Waals surface area contributed by atoms with E-state index in [9.17, 15) is 0 Å². The molecule has 0 heterocycles. The highest BCUT2D eigenvalue weighted by Crippen LogP contribution is 2.18. The molecule has 0 aromatic heterocycles. The minimum absolute atomic E-state index is 0.754. The molecule has 0 aliphatic carbocycles. The highest BCUT2D eigenvalue weighted by molar-refractivity contribution is 9.10. The molecule has 0 spiro atoms. The molecule has 1 rings (SSSR count). The molecule has 10 heavy (non-hydrogen) atoms. The smallest absolute Gasteiger partial charge is 0.0398 e. The van der Waals surface area contributed by atoms with Crippen LogP contribution in [0.25, 0.3) is 6.08 Å². The number of nitrogen functional groups attached to an aromatic ring is 1. The molecule has 52 valence electrons. The zero-order valence-corrected chi connectivity index (χ0v) is 7.06. The summed E-state index contributed by atoms with van der Waals surface area (Å²) in [5.41, 5.74) is 7.36. The van der Waals surface area contributed by atoms with Gasteiger partial charge < -0.3 is 5.73 Å². The van der Waals surface area contributed by atoms with Gasteiger partial charge >= 0.3 is 0 Å². The van der Waals surface area contributed by atoms with E-state index in [2.05, 4.69) is 22.5 Å². The molecular formula is C8H8BrN. The molecule has 0 bridgehead atoms. The van der Waals surface area contributed by atoms with Crippen molar-refractivity contribution >= 4 is 27.7 Å². The lowest BCUT2D eigenvalue weighted by molar-refractivity contribution is 1.60. The summed E-state index contributed by atoms with van der Waals surface area (Å²) >= 11 is 3.31. The average molecular weight is 198 g/mol. The second-order valence-electron chi connectivity index (χ2n) is 1.98. The number of benzene rings is 1. The van der Waals surface area contributed by atoms with E-state index in [1.807, 2.05) is 18.2 Å². The van der Waals surface area contributed by atoms with Crippen LogP contribution in [0, 0.1) is 0 Å². The highest BCUT2D eigenvalue weighted by atomic mass is 79.9. The van der Waals surface area contributed by atoms with Crippen LogP contribution in [0.2, 0.25) is 0 Å². The van der Waals surface area contributed by atoms with Crippen LogP contribution >= 0.6 is 15.9 Å². The highest BCUT2D eigenvalue weighted by Gasteiger charge is 1.93. The maximum Gasteiger partial charge on any atom is 0.0398 e. The van der Waals surface area contributed by atoms with E-state index in [-0.39, 0.29) is 0 Å². The second-order valence-corrected chi connectivity index (χ2v) is 2.89. The summed E-state index contributed by atoms with van der Waals surface area (Å²) in [5.74, 6) is 0. The van der Waals surface area contributed by atoms with E-state index >= 15 is 0 Å². The fourth-order valence-corrected chi connectivity index (χ4v) is 1.11. The monoisotopic (exact) mass is 197 g/mol. The summed E-state index contributed by atoms with van der Waals surface area (Å²) in [6.07, 6.45) is 1.74. The van der Waals surface area contributed by atoms with Gasteiger partial charge in [0.1, 0.15) is 0 Å². The van der Waals surface area contributed by atoms with Gasteiger partial charge in [-0.25, -0.2) is 0 Å². The number of hydrogen-bond acceptors (Lipinski definition) is 1. The Kier molecular flexibility index (Phi) is 2.12. The Morgan fingerprint density at radius 1 is 1.50 bits per heavy atom. The topological polar surface area (TPSA) is 26.0 Å². The third-order valence-electron chi connectivity index (χ3n) is 1.27. The average Bonchev–Trinajstić information content (AvgIpc) is 1.88. The van der Waals surface area contributed by atoms with Gasteiger partial charge in [0.05, 0.1) is 0 Å². The van der Waals surface area contributed by atoms with Gasteiger partial charge in [0.15, 0.2) is 0 Å². The predicted octanol–water partition coefficient (Wildman–Crippen LogP) is 2.67. The first kappa shape index (κ1) is 7.35. The summed E-state index contributed by atoms with van der Waals surface area (Å²) in [7, 11) is 0. The molecule has 2 N–H and O–H groups in total. The van der Waals surface area contributed by atoms with Crippen LogP contribution in [-0.4, -0.2) is 0 Å². The molecule has 1 nitrogen and oxygen atoms in total. The Morgan fingerprint density at radius 2 is 2.20 bits per heavy atom. The predicted molar refractivity (Wildman–Crippen MR) is 48.6 cm³/mol. The molecule has 1 aromatic carbocycles. The quantitative estimate of drug-likeness (QED) is 0.689. The Bertz CT molecular complexity index is 255. The fourth-order valence-electron chi connectivity index (χ4n) is 0.732. The van der Waals surface area contributed by atoms with Crippen molar-refractivity contribution < 1.29 is 0 Å². The van der Waals surface area contributed by atoms with Crippen LogP contribution in [0.1, 0.15) is 5.56 Å². The lowest BCUT2D eigenvalue weighted by atomic mass is 10.2. The van der Waals surface area contributed by atoms with Crippen molar-refractivity contribution in [3.05, 3.63) is 34.8 Å². The van der Waals surface area contributed by atoms with Crippen molar-refractivity contribution in [2.45, 2.75) is 0 Å². The largest absolute Gasteiger partial charge is 0.398 e. The molecule has 0 aliphatic heterocycles. The molecule has 0 saturated heterocycles. The zero-order chi connectivity index (χ0) is 7.56. The molecule has 0 unspecified atom stereocenters. The lowest BCUT2D eigenvalue weighted by Crippen LogP contribution is -1.87. The Morgan fingerprint density at radius 3 is 2.70 bits per heavy atom. The van der Waals surface area contributed by atoms with E-state index in [0.29, 0.717) is 0 Å². The van der Waals surface area contributed by atoms with Crippen LogP contribution in [0.3, 0.4) is 0 Å². The minimum Gasteiger partial charge on any atom is -0.398 e. The van der Waals surface area contributed by atoms with Crippen molar-refractivity contribution in [2.75, 3.05) is 5.73 Å². The summed E-state index contributed by atoms with van der Waals surface area (Å²) in [4.78, 5) is 0. The molecule has 0 atom stereocenters. The molecule has 1 aromatic rings. The molecule has 0 aliphatic rings. The molecule has 0 amide bonds. The zero-order valence-electron chi connectivity index (χ0n) is 5.47. The fraction of sp³-hybridized carbons (Fsp3) is 0. The van der Waals surface area contributed by atoms with E-state index in [1.165, 1.54) is 0 Å². The van der Waals surface area contributed by atoms with Crippen LogP contribution in [-0.2, 0) is 0 Å². The Labute approximate surface area is 68.7 Å². The van der Waals surface area contributed by atoms with E-state index < -0.39 is 0 Å². The number of anilines is 1. The standard InChI is InChI=1S/C8H8BrN/c1-2-6-3-4-7(9)5-8(6)10/h2-5H,1,10H2. The third-order valence-corrected chi connectivity index (χ3v) is 1.76.